The van der Waals surface area contributed by atoms with Gasteiger partial charge in [-0.3, -0.25) is 0 Å². The molecule has 0 aliphatic carbocycles. The van der Waals surface area contributed by atoms with Gasteiger partial charge in [-0.25, -0.2) is 4.79 Å². The maximum absolute atomic E-state index is 12.2. The molecule has 0 fully saturated rings. The van der Waals surface area contributed by atoms with E-state index < -0.39 is 11.7 Å². The second-order valence-electron chi connectivity index (χ2n) is 8.01. The minimum absolute atomic E-state index is 0.108. The lowest BCUT2D eigenvalue weighted by Crippen LogP contribution is -2.44. The molecule has 0 spiro atoms. The van der Waals surface area contributed by atoms with Gasteiger partial charge in [-0.2, -0.15) is 0 Å². The fourth-order valence-electron chi connectivity index (χ4n) is 2.68. The minimum Gasteiger partial charge on any atom is -0.489 e. The fraction of sp³-hybridized carbons (Fsp3) is 0.435. The Morgan fingerprint density at radius 2 is 1.68 bits per heavy atom. The molecule has 4 nitrogen and oxygen atoms in total. The number of carbonyl (C=O) groups excluding carboxylic acids is 1. The topological polar surface area (TPSA) is 47.6 Å². The van der Waals surface area contributed by atoms with Crippen LogP contribution in [0.3, 0.4) is 0 Å². The van der Waals surface area contributed by atoms with Crippen LogP contribution in [0.15, 0.2) is 54.6 Å². The molecule has 0 radical (unpaired) electrons. The van der Waals surface area contributed by atoms with E-state index in [0.717, 1.165) is 16.9 Å². The van der Waals surface area contributed by atoms with Crippen LogP contribution >= 0.6 is 11.6 Å². The van der Waals surface area contributed by atoms with E-state index in [1.807, 2.05) is 82.3 Å². The van der Waals surface area contributed by atoms with Gasteiger partial charge in [0.1, 0.15) is 18.0 Å². The van der Waals surface area contributed by atoms with Gasteiger partial charge in [-0.1, -0.05) is 49.4 Å². The Labute approximate surface area is 173 Å². The predicted octanol–water partition coefficient (Wildman–Crippen LogP) is 5.58. The van der Waals surface area contributed by atoms with Crippen LogP contribution in [-0.2, 0) is 17.8 Å². The van der Waals surface area contributed by atoms with E-state index in [2.05, 4.69) is 5.32 Å². The molecule has 0 aliphatic heterocycles. The summed E-state index contributed by atoms with van der Waals surface area (Å²) in [7, 11) is 0. The molecule has 0 saturated heterocycles. The van der Waals surface area contributed by atoms with Crippen molar-refractivity contribution in [3.63, 3.8) is 0 Å². The highest BCUT2D eigenvalue weighted by Gasteiger charge is 2.23. The summed E-state index contributed by atoms with van der Waals surface area (Å²) in [4.78, 5) is 12.2. The molecule has 0 saturated carbocycles. The van der Waals surface area contributed by atoms with E-state index in [0.29, 0.717) is 18.9 Å². The molecule has 28 heavy (non-hydrogen) atoms. The van der Waals surface area contributed by atoms with Gasteiger partial charge < -0.3 is 14.8 Å². The first kappa shape index (κ1) is 22.1. The van der Waals surface area contributed by atoms with Crippen LogP contribution in [0.1, 0.15) is 38.8 Å². The minimum atomic E-state index is -0.531. The Bertz CT molecular complexity index is 726. The smallest absolute Gasteiger partial charge is 0.407 e. The number of hydrogen-bond acceptors (Lipinski definition) is 3. The van der Waals surface area contributed by atoms with E-state index >= 15 is 0 Å². The number of benzene rings is 2. The molecule has 2 rings (SSSR count). The van der Waals surface area contributed by atoms with Crippen molar-refractivity contribution in [2.45, 2.75) is 52.4 Å². The Morgan fingerprint density at radius 3 is 2.25 bits per heavy atom. The second-order valence-corrected chi connectivity index (χ2v) is 8.32. The third-order valence-electron chi connectivity index (χ3n) is 4.26. The van der Waals surface area contributed by atoms with Crippen molar-refractivity contribution in [2.75, 3.05) is 5.88 Å². The highest BCUT2D eigenvalue weighted by molar-refractivity contribution is 6.18. The van der Waals surface area contributed by atoms with Gasteiger partial charge in [-0.05, 0) is 56.4 Å². The third-order valence-corrected chi connectivity index (χ3v) is 4.75. The number of ether oxygens (including phenoxy) is 2. The Morgan fingerprint density at radius 1 is 1.04 bits per heavy atom. The second kappa shape index (κ2) is 10.4. The van der Waals surface area contributed by atoms with E-state index in [4.69, 9.17) is 21.1 Å². The Kier molecular flexibility index (Phi) is 8.18. The lowest BCUT2D eigenvalue weighted by molar-refractivity contribution is 0.0491. The SMILES string of the molecule is C[C@H](CCl)[C@H](Cc1ccc(OCc2ccccc2)cc1)NC(=O)OC(C)(C)C. The maximum atomic E-state index is 12.2. The van der Waals surface area contributed by atoms with Crippen molar-refractivity contribution < 1.29 is 14.3 Å². The molecule has 1 N–H and O–H groups in total. The van der Waals surface area contributed by atoms with Crippen molar-refractivity contribution in [3.8, 4) is 5.75 Å². The molecule has 0 heterocycles. The van der Waals surface area contributed by atoms with Crippen molar-refractivity contribution in [1.29, 1.82) is 0 Å². The Hall–Kier alpha value is -2.20. The summed E-state index contributed by atoms with van der Waals surface area (Å²) in [6, 6.07) is 17.9. The average Bonchev–Trinajstić information content (AvgIpc) is 2.65. The van der Waals surface area contributed by atoms with Crippen LogP contribution in [0.5, 0.6) is 5.75 Å². The number of alkyl halides is 1. The third kappa shape index (κ3) is 7.81. The van der Waals surface area contributed by atoms with E-state index in [-0.39, 0.29) is 12.0 Å². The zero-order chi connectivity index (χ0) is 20.6. The summed E-state index contributed by atoms with van der Waals surface area (Å²) in [5, 5.41) is 2.96. The largest absolute Gasteiger partial charge is 0.489 e. The normalized spacial score (nSPS) is 13.5. The Balaban J connectivity index is 1.95. The van der Waals surface area contributed by atoms with Crippen LogP contribution in [0.25, 0.3) is 0 Å². The summed E-state index contributed by atoms with van der Waals surface area (Å²) in [6.07, 6.45) is 0.254. The average molecular weight is 404 g/mol. The number of amides is 1. The number of hydrogen-bond donors (Lipinski definition) is 1. The highest BCUT2D eigenvalue weighted by atomic mass is 35.5. The molecular weight excluding hydrogens is 374 g/mol. The molecule has 152 valence electrons. The molecule has 1 amide bonds. The van der Waals surface area contributed by atoms with Crippen LogP contribution in [0.4, 0.5) is 4.79 Å². The monoisotopic (exact) mass is 403 g/mol. The van der Waals surface area contributed by atoms with E-state index in [1.165, 1.54) is 0 Å². The highest BCUT2D eigenvalue weighted by Crippen LogP contribution is 2.18. The van der Waals surface area contributed by atoms with Gasteiger partial charge in [0.2, 0.25) is 0 Å². The van der Waals surface area contributed by atoms with E-state index in [1.54, 1.807) is 0 Å². The van der Waals surface area contributed by atoms with Crippen molar-refractivity contribution in [1.82, 2.24) is 5.32 Å². The van der Waals surface area contributed by atoms with Crippen molar-refractivity contribution in [2.24, 2.45) is 5.92 Å². The standard InChI is InChI=1S/C23H30ClNO3/c1-17(15-24)21(25-22(26)28-23(2,3)4)14-18-10-12-20(13-11-18)27-16-19-8-6-5-7-9-19/h5-13,17,21H,14-16H2,1-4H3,(H,25,26)/t17-,21+/m1/s1. The molecule has 0 aromatic heterocycles. The van der Waals surface area contributed by atoms with Crippen LogP contribution in [0, 0.1) is 5.92 Å². The summed E-state index contributed by atoms with van der Waals surface area (Å²) in [5.74, 6) is 1.39. The van der Waals surface area contributed by atoms with Gasteiger partial charge in [0.25, 0.3) is 0 Å². The van der Waals surface area contributed by atoms with Gasteiger partial charge in [0, 0.05) is 11.9 Å². The van der Waals surface area contributed by atoms with Gasteiger partial charge in [-0.15, -0.1) is 11.6 Å². The molecule has 2 atom stereocenters. The molecular formula is C23H30ClNO3. The number of halogens is 1. The fourth-order valence-corrected chi connectivity index (χ4v) is 2.89. The maximum Gasteiger partial charge on any atom is 0.407 e. The predicted molar refractivity (Wildman–Crippen MR) is 114 cm³/mol. The molecule has 5 heteroatoms. The summed E-state index contributed by atoms with van der Waals surface area (Å²) < 4.78 is 11.2. The zero-order valence-corrected chi connectivity index (χ0v) is 17.8. The van der Waals surface area contributed by atoms with Crippen LogP contribution < -0.4 is 10.1 Å². The first-order valence-electron chi connectivity index (χ1n) is 9.58. The van der Waals surface area contributed by atoms with E-state index in [9.17, 15) is 4.79 Å². The first-order valence-corrected chi connectivity index (χ1v) is 10.1. The first-order chi connectivity index (χ1) is 13.3. The molecule has 2 aromatic carbocycles. The molecule has 0 bridgehead atoms. The number of rotatable bonds is 8. The lowest BCUT2D eigenvalue weighted by Gasteiger charge is -2.26. The number of carbonyl (C=O) groups is 1. The van der Waals surface area contributed by atoms with Crippen LogP contribution in [-0.4, -0.2) is 23.6 Å². The zero-order valence-electron chi connectivity index (χ0n) is 17.1. The lowest BCUT2D eigenvalue weighted by atomic mass is 9.96. The molecule has 2 aromatic rings. The quantitative estimate of drug-likeness (QED) is 0.585. The molecule has 0 aliphatic rings. The summed E-state index contributed by atoms with van der Waals surface area (Å²) in [6.45, 7) is 8.10. The van der Waals surface area contributed by atoms with Gasteiger partial charge >= 0.3 is 6.09 Å². The van der Waals surface area contributed by atoms with Crippen molar-refractivity contribution in [3.05, 3.63) is 65.7 Å². The van der Waals surface area contributed by atoms with Crippen molar-refractivity contribution >= 4 is 17.7 Å². The van der Waals surface area contributed by atoms with Gasteiger partial charge in [0.15, 0.2) is 0 Å². The summed E-state index contributed by atoms with van der Waals surface area (Å²) >= 11 is 6.04. The number of nitrogens with one attached hydrogen (secondary N) is 1. The number of alkyl carbamates (subject to hydrolysis) is 1. The molecule has 0 unspecified atom stereocenters. The van der Waals surface area contributed by atoms with Gasteiger partial charge in [0.05, 0.1) is 0 Å². The van der Waals surface area contributed by atoms with Crippen LogP contribution in [0.2, 0.25) is 0 Å². The summed E-state index contributed by atoms with van der Waals surface area (Å²) in [5.41, 5.74) is 1.70.